The Morgan fingerprint density at radius 2 is 1.56 bits per heavy atom. The van der Waals surface area contributed by atoms with E-state index >= 15 is 0 Å². The van der Waals surface area contributed by atoms with E-state index in [4.69, 9.17) is 14.2 Å². The van der Waals surface area contributed by atoms with Gasteiger partial charge in [-0.2, -0.15) is 0 Å². The molecule has 0 aliphatic carbocycles. The lowest BCUT2D eigenvalue weighted by molar-refractivity contribution is -0.136. The maximum absolute atomic E-state index is 12.0. The van der Waals surface area contributed by atoms with Gasteiger partial charge in [0.05, 0.1) is 6.61 Å². The zero-order valence-electron chi connectivity index (χ0n) is 14.1. The second kappa shape index (κ2) is 8.20. The third-order valence-electron chi connectivity index (χ3n) is 3.59. The summed E-state index contributed by atoms with van der Waals surface area (Å²) in [5.41, 5.74) is 0. The van der Waals surface area contributed by atoms with Crippen molar-refractivity contribution in [3.63, 3.8) is 0 Å². The fraction of sp³-hybridized carbons (Fsp3) is 0.190. The lowest BCUT2D eigenvalue weighted by Gasteiger charge is -2.09. The lowest BCUT2D eigenvalue weighted by atomic mass is 10.1. The first kappa shape index (κ1) is 16.8. The summed E-state index contributed by atoms with van der Waals surface area (Å²) in [6, 6.07) is 20.7. The minimum atomic E-state index is -0.449. The van der Waals surface area contributed by atoms with Gasteiger partial charge in [0.2, 0.25) is 0 Å². The van der Waals surface area contributed by atoms with Crippen LogP contribution in [-0.2, 0) is 4.79 Å². The molecule has 0 aliphatic rings. The van der Waals surface area contributed by atoms with Crippen molar-refractivity contribution in [1.29, 1.82) is 0 Å². The summed E-state index contributed by atoms with van der Waals surface area (Å²) in [5, 5.41) is 2.12. The van der Waals surface area contributed by atoms with Crippen molar-refractivity contribution < 1.29 is 19.0 Å². The highest BCUT2D eigenvalue weighted by Gasteiger charge is 2.07. The van der Waals surface area contributed by atoms with E-state index in [2.05, 4.69) is 0 Å². The van der Waals surface area contributed by atoms with Crippen LogP contribution in [0.4, 0.5) is 0 Å². The van der Waals surface area contributed by atoms with Crippen LogP contribution >= 0.6 is 0 Å². The molecule has 0 aliphatic heterocycles. The molecule has 0 radical (unpaired) electrons. The number of hydrogen-bond donors (Lipinski definition) is 0. The largest absolute Gasteiger partial charge is 0.493 e. The molecule has 0 bridgehead atoms. The molecule has 4 nitrogen and oxygen atoms in total. The number of carbonyl (C=O) groups excluding carboxylic acids is 1. The Bertz CT molecular complexity index is 857. The van der Waals surface area contributed by atoms with Gasteiger partial charge in [0.1, 0.15) is 17.2 Å². The molecular weight excluding hydrogens is 316 g/mol. The number of rotatable bonds is 7. The summed E-state index contributed by atoms with van der Waals surface area (Å²) in [7, 11) is 0. The summed E-state index contributed by atoms with van der Waals surface area (Å²) >= 11 is 0. The molecular formula is C21H20O4. The SMILES string of the molecule is CCCOc1cccc(OCC(=O)Oc2ccc3ccccc3c2)c1. The fourth-order valence-corrected chi connectivity index (χ4v) is 2.41. The van der Waals surface area contributed by atoms with Gasteiger partial charge in [-0.1, -0.05) is 43.3 Å². The zero-order valence-corrected chi connectivity index (χ0v) is 14.1. The number of benzene rings is 3. The molecule has 4 heteroatoms. The minimum absolute atomic E-state index is 0.163. The Balaban J connectivity index is 1.57. The molecule has 3 aromatic carbocycles. The van der Waals surface area contributed by atoms with Crippen LogP contribution in [-0.4, -0.2) is 19.2 Å². The standard InChI is InChI=1S/C21H20O4/c1-2-12-23-18-8-5-9-19(14-18)24-15-21(22)25-20-11-10-16-6-3-4-7-17(16)13-20/h3-11,13-14H,2,12,15H2,1H3. The van der Waals surface area contributed by atoms with Crippen molar-refractivity contribution in [1.82, 2.24) is 0 Å². The molecule has 0 saturated heterocycles. The van der Waals surface area contributed by atoms with Crippen LogP contribution in [0.1, 0.15) is 13.3 Å². The number of carbonyl (C=O) groups is 1. The number of hydrogen-bond acceptors (Lipinski definition) is 4. The van der Waals surface area contributed by atoms with E-state index in [0.29, 0.717) is 18.1 Å². The maximum Gasteiger partial charge on any atom is 0.349 e. The van der Waals surface area contributed by atoms with Crippen molar-refractivity contribution in [2.75, 3.05) is 13.2 Å². The second-order valence-corrected chi connectivity index (χ2v) is 5.60. The van der Waals surface area contributed by atoms with Crippen LogP contribution in [0, 0.1) is 0 Å². The van der Waals surface area contributed by atoms with Crippen LogP contribution in [0.2, 0.25) is 0 Å². The smallest absolute Gasteiger partial charge is 0.349 e. The first-order chi connectivity index (χ1) is 12.2. The van der Waals surface area contributed by atoms with Crippen molar-refractivity contribution >= 4 is 16.7 Å². The normalized spacial score (nSPS) is 10.4. The van der Waals surface area contributed by atoms with Crippen LogP contribution in [0.5, 0.6) is 17.2 Å². The molecule has 0 heterocycles. The van der Waals surface area contributed by atoms with Crippen molar-refractivity contribution in [3.8, 4) is 17.2 Å². The molecule has 0 N–H and O–H groups in total. The topological polar surface area (TPSA) is 44.8 Å². The molecule has 3 aromatic rings. The average Bonchev–Trinajstić information content (AvgIpc) is 2.65. The minimum Gasteiger partial charge on any atom is -0.493 e. The third kappa shape index (κ3) is 4.73. The highest BCUT2D eigenvalue weighted by atomic mass is 16.6. The van der Waals surface area contributed by atoms with Crippen LogP contribution in [0.25, 0.3) is 10.8 Å². The number of fused-ring (bicyclic) bond motifs is 1. The number of esters is 1. The molecule has 0 spiro atoms. The quantitative estimate of drug-likeness (QED) is 0.467. The maximum atomic E-state index is 12.0. The van der Waals surface area contributed by atoms with Gasteiger partial charge < -0.3 is 14.2 Å². The Labute approximate surface area is 146 Å². The molecule has 0 amide bonds. The highest BCUT2D eigenvalue weighted by Crippen LogP contribution is 2.22. The van der Waals surface area contributed by atoms with Crippen molar-refractivity contribution in [2.24, 2.45) is 0 Å². The van der Waals surface area contributed by atoms with E-state index in [1.54, 1.807) is 18.2 Å². The summed E-state index contributed by atoms with van der Waals surface area (Å²) in [6.07, 6.45) is 0.934. The van der Waals surface area contributed by atoms with Gasteiger partial charge in [0, 0.05) is 6.07 Å². The van der Waals surface area contributed by atoms with Gasteiger partial charge in [0.15, 0.2) is 6.61 Å². The molecule has 25 heavy (non-hydrogen) atoms. The predicted octanol–water partition coefficient (Wildman–Crippen LogP) is 4.61. The highest BCUT2D eigenvalue weighted by molar-refractivity contribution is 5.84. The summed E-state index contributed by atoms with van der Waals surface area (Å²) in [5.74, 6) is 1.36. The van der Waals surface area contributed by atoms with Gasteiger partial charge in [-0.25, -0.2) is 4.79 Å². The van der Waals surface area contributed by atoms with Gasteiger partial charge in [-0.15, -0.1) is 0 Å². The van der Waals surface area contributed by atoms with Crippen molar-refractivity contribution in [3.05, 3.63) is 66.7 Å². The predicted molar refractivity (Wildman–Crippen MR) is 97.3 cm³/mol. The van der Waals surface area contributed by atoms with E-state index in [1.165, 1.54) is 0 Å². The van der Waals surface area contributed by atoms with E-state index in [1.807, 2.05) is 55.5 Å². The van der Waals surface area contributed by atoms with Crippen molar-refractivity contribution in [2.45, 2.75) is 13.3 Å². The van der Waals surface area contributed by atoms with E-state index < -0.39 is 5.97 Å². The molecule has 0 aromatic heterocycles. The Kier molecular flexibility index (Phi) is 5.52. The Hall–Kier alpha value is -3.01. The van der Waals surface area contributed by atoms with Gasteiger partial charge >= 0.3 is 5.97 Å². The summed E-state index contributed by atoms with van der Waals surface area (Å²) in [4.78, 5) is 12.0. The zero-order chi connectivity index (χ0) is 17.5. The Morgan fingerprint density at radius 3 is 2.36 bits per heavy atom. The lowest BCUT2D eigenvalue weighted by Crippen LogP contribution is -2.17. The van der Waals surface area contributed by atoms with Crippen LogP contribution in [0.15, 0.2) is 66.7 Å². The van der Waals surface area contributed by atoms with Crippen LogP contribution < -0.4 is 14.2 Å². The van der Waals surface area contributed by atoms with E-state index in [0.717, 1.165) is 22.9 Å². The second-order valence-electron chi connectivity index (χ2n) is 5.60. The molecule has 0 unspecified atom stereocenters. The van der Waals surface area contributed by atoms with E-state index in [-0.39, 0.29) is 6.61 Å². The van der Waals surface area contributed by atoms with Gasteiger partial charge in [-0.3, -0.25) is 0 Å². The van der Waals surface area contributed by atoms with Crippen LogP contribution in [0.3, 0.4) is 0 Å². The third-order valence-corrected chi connectivity index (χ3v) is 3.59. The first-order valence-corrected chi connectivity index (χ1v) is 8.30. The van der Waals surface area contributed by atoms with E-state index in [9.17, 15) is 4.79 Å². The molecule has 128 valence electrons. The van der Waals surface area contributed by atoms with Gasteiger partial charge in [-0.05, 0) is 41.5 Å². The summed E-state index contributed by atoms with van der Waals surface area (Å²) in [6.45, 7) is 2.53. The fourth-order valence-electron chi connectivity index (χ4n) is 2.41. The molecule has 0 fully saturated rings. The average molecular weight is 336 g/mol. The monoisotopic (exact) mass is 336 g/mol. The molecule has 0 saturated carbocycles. The Morgan fingerprint density at radius 1 is 0.800 bits per heavy atom. The molecule has 3 rings (SSSR count). The van der Waals surface area contributed by atoms with Gasteiger partial charge in [0.25, 0.3) is 0 Å². The first-order valence-electron chi connectivity index (χ1n) is 8.30. The molecule has 0 atom stereocenters. The number of ether oxygens (including phenoxy) is 3. The summed E-state index contributed by atoms with van der Waals surface area (Å²) < 4.78 is 16.4.